The molecule has 0 aliphatic rings. The van der Waals surface area contributed by atoms with Gasteiger partial charge >= 0.3 is 0 Å². The molecular formula is C19H21ClN2O3. The summed E-state index contributed by atoms with van der Waals surface area (Å²) in [6, 6.07) is 13.9. The summed E-state index contributed by atoms with van der Waals surface area (Å²) in [6.45, 7) is 1.79. The number of nitrogens with zero attached hydrogens (tertiary/aromatic N) is 1. The number of carbonyl (C=O) groups is 2. The lowest BCUT2D eigenvalue weighted by molar-refractivity contribution is -0.130. The van der Waals surface area contributed by atoms with E-state index in [4.69, 9.17) is 16.3 Å². The van der Waals surface area contributed by atoms with Crippen LogP contribution in [0.2, 0.25) is 5.02 Å². The molecule has 0 aliphatic heterocycles. The first-order valence-corrected chi connectivity index (χ1v) is 8.24. The Morgan fingerprint density at radius 2 is 1.88 bits per heavy atom. The van der Waals surface area contributed by atoms with Crippen LogP contribution in [0.15, 0.2) is 48.5 Å². The van der Waals surface area contributed by atoms with E-state index >= 15 is 0 Å². The number of benzene rings is 2. The fourth-order valence-corrected chi connectivity index (χ4v) is 2.48. The van der Waals surface area contributed by atoms with Crippen molar-refractivity contribution in [2.45, 2.75) is 13.0 Å². The molecule has 1 atom stereocenters. The standard InChI is InChI=1S/C19H21ClN2O3/c1-13(16-9-4-5-10-17(16)20)21-19(24)14-7-6-8-15(11-14)25-12-18(23)22(2)3/h4-11,13H,12H2,1-3H3,(H,21,24). The molecule has 1 unspecified atom stereocenters. The first-order valence-electron chi connectivity index (χ1n) is 7.87. The van der Waals surface area contributed by atoms with E-state index in [9.17, 15) is 9.59 Å². The maximum absolute atomic E-state index is 12.5. The molecule has 2 rings (SSSR count). The largest absolute Gasteiger partial charge is 0.484 e. The van der Waals surface area contributed by atoms with Crippen LogP contribution in [-0.4, -0.2) is 37.4 Å². The molecule has 0 fully saturated rings. The van der Waals surface area contributed by atoms with Crippen LogP contribution >= 0.6 is 11.6 Å². The fraction of sp³-hybridized carbons (Fsp3) is 0.263. The lowest BCUT2D eigenvalue weighted by atomic mass is 10.1. The molecule has 0 radical (unpaired) electrons. The Hall–Kier alpha value is -2.53. The highest BCUT2D eigenvalue weighted by atomic mass is 35.5. The second kappa shape index (κ2) is 8.53. The Morgan fingerprint density at radius 1 is 1.16 bits per heavy atom. The van der Waals surface area contributed by atoms with Crippen LogP contribution in [0.1, 0.15) is 28.9 Å². The molecule has 2 amide bonds. The third kappa shape index (κ3) is 5.22. The van der Waals surface area contributed by atoms with Gasteiger partial charge in [-0.25, -0.2) is 0 Å². The lowest BCUT2D eigenvalue weighted by Crippen LogP contribution is -2.28. The van der Waals surface area contributed by atoms with E-state index in [-0.39, 0.29) is 24.5 Å². The highest BCUT2D eigenvalue weighted by molar-refractivity contribution is 6.31. The summed E-state index contributed by atoms with van der Waals surface area (Å²) >= 11 is 6.16. The zero-order chi connectivity index (χ0) is 18.4. The van der Waals surface area contributed by atoms with Gasteiger partial charge in [0.2, 0.25) is 0 Å². The van der Waals surface area contributed by atoms with E-state index in [0.717, 1.165) is 5.56 Å². The first-order chi connectivity index (χ1) is 11.9. The zero-order valence-electron chi connectivity index (χ0n) is 14.5. The molecule has 5 nitrogen and oxygen atoms in total. The molecular weight excluding hydrogens is 340 g/mol. The normalized spacial score (nSPS) is 11.5. The molecule has 0 heterocycles. The van der Waals surface area contributed by atoms with Crippen LogP contribution in [0.5, 0.6) is 5.75 Å². The highest BCUT2D eigenvalue weighted by Crippen LogP contribution is 2.23. The molecule has 2 aromatic carbocycles. The number of hydrogen-bond acceptors (Lipinski definition) is 3. The third-order valence-corrected chi connectivity index (χ3v) is 4.02. The van der Waals surface area contributed by atoms with Gasteiger partial charge in [-0.1, -0.05) is 35.9 Å². The van der Waals surface area contributed by atoms with Crippen molar-refractivity contribution in [1.29, 1.82) is 0 Å². The van der Waals surface area contributed by atoms with Gasteiger partial charge in [-0.15, -0.1) is 0 Å². The minimum atomic E-state index is -0.239. The van der Waals surface area contributed by atoms with E-state index in [0.29, 0.717) is 16.3 Å². The molecule has 0 saturated heterocycles. The Balaban J connectivity index is 2.03. The minimum Gasteiger partial charge on any atom is -0.484 e. The van der Waals surface area contributed by atoms with Crippen molar-refractivity contribution in [2.75, 3.05) is 20.7 Å². The van der Waals surface area contributed by atoms with Gasteiger partial charge in [-0.3, -0.25) is 9.59 Å². The monoisotopic (exact) mass is 360 g/mol. The number of hydrogen-bond donors (Lipinski definition) is 1. The average Bonchev–Trinajstić information content (AvgIpc) is 2.60. The molecule has 0 aliphatic carbocycles. The number of ether oxygens (including phenoxy) is 1. The summed E-state index contributed by atoms with van der Waals surface area (Å²) in [6.07, 6.45) is 0. The topological polar surface area (TPSA) is 58.6 Å². The Kier molecular flexibility index (Phi) is 6.42. The van der Waals surface area contributed by atoms with Crippen molar-refractivity contribution in [1.82, 2.24) is 10.2 Å². The van der Waals surface area contributed by atoms with Gasteiger partial charge in [-0.05, 0) is 36.8 Å². The van der Waals surface area contributed by atoms with Crippen molar-refractivity contribution in [3.8, 4) is 5.75 Å². The van der Waals surface area contributed by atoms with Crippen molar-refractivity contribution in [3.63, 3.8) is 0 Å². The third-order valence-electron chi connectivity index (χ3n) is 3.68. The van der Waals surface area contributed by atoms with E-state index in [1.807, 2.05) is 25.1 Å². The van der Waals surface area contributed by atoms with Crippen LogP contribution < -0.4 is 10.1 Å². The fourth-order valence-electron chi connectivity index (χ4n) is 2.19. The number of amides is 2. The minimum absolute atomic E-state index is 0.0753. The van der Waals surface area contributed by atoms with Gasteiger partial charge in [0, 0.05) is 24.7 Å². The van der Waals surface area contributed by atoms with Crippen LogP contribution in [0, 0.1) is 0 Å². The smallest absolute Gasteiger partial charge is 0.259 e. The van der Waals surface area contributed by atoms with Crippen molar-refractivity contribution < 1.29 is 14.3 Å². The van der Waals surface area contributed by atoms with Gasteiger partial charge in [0.05, 0.1) is 6.04 Å². The van der Waals surface area contributed by atoms with Gasteiger partial charge in [-0.2, -0.15) is 0 Å². The molecule has 132 valence electrons. The molecule has 0 bridgehead atoms. The summed E-state index contributed by atoms with van der Waals surface area (Å²) in [5.74, 6) is 0.0762. The summed E-state index contributed by atoms with van der Waals surface area (Å²) in [5.41, 5.74) is 1.30. The van der Waals surface area contributed by atoms with E-state index in [2.05, 4.69) is 5.32 Å². The molecule has 0 spiro atoms. The Bertz CT molecular complexity index is 762. The molecule has 0 aromatic heterocycles. The number of rotatable bonds is 6. The van der Waals surface area contributed by atoms with Crippen LogP contribution in [-0.2, 0) is 4.79 Å². The molecule has 0 saturated carbocycles. The SMILES string of the molecule is CC(NC(=O)c1cccc(OCC(=O)N(C)C)c1)c1ccccc1Cl. The second-order valence-corrected chi connectivity index (χ2v) is 6.23. The zero-order valence-corrected chi connectivity index (χ0v) is 15.2. The van der Waals surface area contributed by atoms with Crippen LogP contribution in [0.3, 0.4) is 0 Å². The molecule has 2 aromatic rings. The number of nitrogens with one attached hydrogen (secondary N) is 1. The average molecular weight is 361 g/mol. The quantitative estimate of drug-likeness (QED) is 0.859. The maximum atomic E-state index is 12.5. The van der Waals surface area contributed by atoms with E-state index in [1.165, 1.54) is 4.90 Å². The summed E-state index contributed by atoms with van der Waals surface area (Å²) in [7, 11) is 3.32. The summed E-state index contributed by atoms with van der Waals surface area (Å²) < 4.78 is 5.44. The van der Waals surface area contributed by atoms with Gasteiger partial charge in [0.1, 0.15) is 5.75 Å². The Morgan fingerprint density at radius 3 is 2.56 bits per heavy atom. The predicted molar refractivity (Wildman–Crippen MR) is 98.0 cm³/mol. The first kappa shape index (κ1) is 18.8. The van der Waals surface area contributed by atoms with Gasteiger partial charge < -0.3 is 15.0 Å². The van der Waals surface area contributed by atoms with Crippen molar-refractivity contribution in [3.05, 3.63) is 64.7 Å². The van der Waals surface area contributed by atoms with Gasteiger partial charge in [0.25, 0.3) is 11.8 Å². The van der Waals surface area contributed by atoms with Crippen LogP contribution in [0.25, 0.3) is 0 Å². The van der Waals surface area contributed by atoms with Crippen molar-refractivity contribution >= 4 is 23.4 Å². The lowest BCUT2D eigenvalue weighted by Gasteiger charge is -2.16. The highest BCUT2D eigenvalue weighted by Gasteiger charge is 2.14. The van der Waals surface area contributed by atoms with E-state index < -0.39 is 0 Å². The molecule has 6 heteroatoms. The predicted octanol–water partition coefficient (Wildman–Crippen LogP) is 3.30. The van der Waals surface area contributed by atoms with Gasteiger partial charge in [0.15, 0.2) is 6.61 Å². The Labute approximate surface area is 152 Å². The molecule has 1 N–H and O–H groups in total. The maximum Gasteiger partial charge on any atom is 0.259 e. The van der Waals surface area contributed by atoms with Crippen LogP contribution in [0.4, 0.5) is 0 Å². The number of carbonyl (C=O) groups excluding carboxylic acids is 2. The number of likely N-dealkylation sites (N-methyl/N-ethyl adjacent to an activating group) is 1. The summed E-state index contributed by atoms with van der Waals surface area (Å²) in [4.78, 5) is 25.5. The van der Waals surface area contributed by atoms with E-state index in [1.54, 1.807) is 44.4 Å². The second-order valence-electron chi connectivity index (χ2n) is 5.82. The molecule has 25 heavy (non-hydrogen) atoms. The number of halogens is 1. The summed E-state index contributed by atoms with van der Waals surface area (Å²) in [5, 5.41) is 3.52. The van der Waals surface area contributed by atoms with Crippen molar-refractivity contribution in [2.24, 2.45) is 0 Å².